The summed E-state index contributed by atoms with van der Waals surface area (Å²) in [5.41, 5.74) is 0. The fraction of sp³-hybridized carbons (Fsp3) is 1.00. The summed E-state index contributed by atoms with van der Waals surface area (Å²) in [5, 5.41) is 8.69. The van der Waals surface area contributed by atoms with Gasteiger partial charge < -0.3 is 14.5 Å². The van der Waals surface area contributed by atoms with E-state index in [1.807, 2.05) is 6.92 Å². The van der Waals surface area contributed by atoms with Gasteiger partial charge in [-0.15, -0.1) is 0 Å². The van der Waals surface area contributed by atoms with Crippen molar-refractivity contribution < 1.29 is 19.0 Å². The van der Waals surface area contributed by atoms with Crippen LogP contribution in [-0.4, -0.2) is 22.9 Å². The first-order chi connectivity index (χ1) is 4.98. The van der Waals surface area contributed by atoms with E-state index in [0.717, 1.165) is 6.42 Å². The van der Waals surface area contributed by atoms with E-state index in [2.05, 4.69) is 16.3 Å². The Kier molecular flexibility index (Phi) is 5.42. The van der Waals surface area contributed by atoms with Gasteiger partial charge in [0.1, 0.15) is 0 Å². The highest BCUT2D eigenvalue weighted by molar-refractivity contribution is 8.07. The van der Waals surface area contributed by atoms with Crippen LogP contribution >= 0.6 is 6.72 Å². The van der Waals surface area contributed by atoms with E-state index in [4.69, 9.17) is 14.5 Å². The molecule has 11 heavy (non-hydrogen) atoms. The number of rotatable bonds is 5. The Morgan fingerprint density at radius 3 is 2.55 bits per heavy atom. The smallest absolute Gasteiger partial charge is 0.326 e. The lowest BCUT2D eigenvalue weighted by molar-refractivity contribution is -0.0148. The molecule has 0 radical (unpaired) electrons. The van der Waals surface area contributed by atoms with Crippen LogP contribution in [0, 0.1) is 0 Å². The van der Waals surface area contributed by atoms with Gasteiger partial charge in [-0.3, -0.25) is 4.52 Å². The van der Waals surface area contributed by atoms with Gasteiger partial charge in [-0.25, -0.2) is 0 Å². The minimum atomic E-state index is -3.18. The van der Waals surface area contributed by atoms with Crippen molar-refractivity contribution in [2.24, 2.45) is 0 Å². The average molecular weight is 200 g/mol. The molecule has 0 spiro atoms. The number of aliphatic hydroxyl groups excluding tert-OH is 1. The van der Waals surface area contributed by atoms with E-state index >= 15 is 0 Å². The van der Waals surface area contributed by atoms with E-state index in [1.165, 1.54) is 6.92 Å². The zero-order valence-corrected chi connectivity index (χ0v) is 8.27. The molecule has 0 saturated heterocycles. The van der Waals surface area contributed by atoms with Crippen molar-refractivity contribution in [1.82, 2.24) is 0 Å². The van der Waals surface area contributed by atoms with Gasteiger partial charge in [-0.1, -0.05) is 6.92 Å². The molecule has 0 aliphatic heterocycles. The normalized spacial score (nSPS) is 19.3. The van der Waals surface area contributed by atoms with Gasteiger partial charge in [-0.2, -0.15) is 0 Å². The van der Waals surface area contributed by atoms with Gasteiger partial charge in [0.2, 0.25) is 0 Å². The molecule has 6 heteroatoms. The van der Waals surface area contributed by atoms with Gasteiger partial charge in [0.25, 0.3) is 0 Å². The van der Waals surface area contributed by atoms with Crippen molar-refractivity contribution >= 4 is 18.5 Å². The number of aliphatic hydroxyl groups is 1. The van der Waals surface area contributed by atoms with Gasteiger partial charge in [-0.05, 0) is 25.2 Å². The molecule has 0 rings (SSSR count). The third-order valence-corrected chi connectivity index (χ3v) is 2.40. The largest absolute Gasteiger partial charge is 0.368 e. The Morgan fingerprint density at radius 2 is 2.18 bits per heavy atom. The van der Waals surface area contributed by atoms with E-state index in [9.17, 15) is 0 Å². The summed E-state index contributed by atoms with van der Waals surface area (Å²) in [6.45, 7) is 0.420. The van der Waals surface area contributed by atoms with Crippen LogP contribution in [0.1, 0.15) is 20.3 Å². The fourth-order valence-corrected chi connectivity index (χ4v) is 1.89. The molecule has 4 nitrogen and oxygen atoms in total. The molecule has 68 valence electrons. The highest BCUT2D eigenvalue weighted by Gasteiger charge is 2.16. The predicted molar refractivity (Wildman–Crippen MR) is 45.5 cm³/mol. The molecule has 0 aromatic heterocycles. The maximum atomic E-state index is 9.14. The molecule has 2 N–H and O–H groups in total. The van der Waals surface area contributed by atoms with Gasteiger partial charge in [0, 0.05) is 0 Å². The summed E-state index contributed by atoms with van der Waals surface area (Å²) in [5.74, 6) is 0. The van der Waals surface area contributed by atoms with Crippen molar-refractivity contribution in [2.75, 3.05) is 6.61 Å². The van der Waals surface area contributed by atoms with Crippen LogP contribution in [0.2, 0.25) is 0 Å². The van der Waals surface area contributed by atoms with Crippen LogP contribution in [0.4, 0.5) is 0 Å². The second-order valence-electron chi connectivity index (χ2n) is 2.01. The highest BCUT2D eigenvalue weighted by Crippen LogP contribution is 2.44. The molecule has 0 aromatic rings. The molecule has 0 saturated carbocycles. The van der Waals surface area contributed by atoms with Crippen LogP contribution in [-0.2, 0) is 20.9 Å². The SMILES string of the molecule is CCCOP(O)(=S)OC(C)O. The molecular formula is C5H13O4PS. The van der Waals surface area contributed by atoms with Crippen LogP contribution in [0.15, 0.2) is 0 Å². The standard InChI is InChI=1S/C5H13O4PS/c1-3-4-8-10(7,11)9-5(2)6/h5-6H,3-4H2,1-2H3,(H,7,11). The first kappa shape index (κ1) is 11.5. The topological polar surface area (TPSA) is 58.9 Å². The summed E-state index contributed by atoms with van der Waals surface area (Å²) in [7, 11) is 0. The average Bonchev–Trinajstić information content (AvgIpc) is 1.81. The summed E-state index contributed by atoms with van der Waals surface area (Å²) in [4.78, 5) is 9.14. The Bertz CT molecular complexity index is 149. The lowest BCUT2D eigenvalue weighted by Crippen LogP contribution is -2.05. The van der Waals surface area contributed by atoms with Crippen molar-refractivity contribution in [3.8, 4) is 0 Å². The van der Waals surface area contributed by atoms with E-state index < -0.39 is 13.0 Å². The Hall–Kier alpha value is 0.490. The van der Waals surface area contributed by atoms with E-state index in [-0.39, 0.29) is 0 Å². The van der Waals surface area contributed by atoms with Crippen molar-refractivity contribution in [3.05, 3.63) is 0 Å². The number of hydrogen-bond acceptors (Lipinski definition) is 4. The first-order valence-electron chi connectivity index (χ1n) is 3.31. The lowest BCUT2D eigenvalue weighted by Gasteiger charge is -2.16. The lowest BCUT2D eigenvalue weighted by atomic mass is 10.5. The minimum absolute atomic E-state index is 0.348. The second kappa shape index (κ2) is 5.19. The molecule has 0 aliphatic rings. The zero-order chi connectivity index (χ0) is 8.91. The Morgan fingerprint density at radius 1 is 1.64 bits per heavy atom. The molecule has 0 fully saturated rings. The van der Waals surface area contributed by atoms with Crippen molar-refractivity contribution in [1.29, 1.82) is 0 Å². The molecule has 0 heterocycles. The monoisotopic (exact) mass is 200 g/mol. The quantitative estimate of drug-likeness (QED) is 0.512. The third-order valence-electron chi connectivity index (χ3n) is 0.744. The van der Waals surface area contributed by atoms with Crippen LogP contribution in [0.25, 0.3) is 0 Å². The van der Waals surface area contributed by atoms with E-state index in [1.54, 1.807) is 0 Å². The third kappa shape index (κ3) is 6.87. The molecule has 0 bridgehead atoms. The molecule has 2 atom stereocenters. The maximum Gasteiger partial charge on any atom is 0.326 e. The van der Waals surface area contributed by atoms with Gasteiger partial charge in [0.05, 0.1) is 6.61 Å². The summed E-state index contributed by atoms with van der Waals surface area (Å²) in [6, 6.07) is 0. The number of hydrogen-bond donors (Lipinski definition) is 2. The van der Waals surface area contributed by atoms with Crippen LogP contribution in [0.3, 0.4) is 0 Å². The minimum Gasteiger partial charge on any atom is -0.368 e. The molecule has 2 unspecified atom stereocenters. The zero-order valence-electron chi connectivity index (χ0n) is 6.56. The van der Waals surface area contributed by atoms with E-state index in [0.29, 0.717) is 6.61 Å². The maximum absolute atomic E-state index is 9.14. The van der Waals surface area contributed by atoms with Crippen molar-refractivity contribution in [3.63, 3.8) is 0 Å². The van der Waals surface area contributed by atoms with Crippen LogP contribution < -0.4 is 0 Å². The molecular weight excluding hydrogens is 187 g/mol. The molecule has 0 amide bonds. The fourth-order valence-electron chi connectivity index (χ4n) is 0.430. The summed E-state index contributed by atoms with van der Waals surface area (Å²) < 4.78 is 9.34. The first-order valence-corrected chi connectivity index (χ1v) is 5.91. The molecule has 0 aliphatic carbocycles. The van der Waals surface area contributed by atoms with Gasteiger partial charge >= 0.3 is 6.72 Å². The molecule has 0 aromatic carbocycles. The summed E-state index contributed by atoms with van der Waals surface area (Å²) in [6.07, 6.45) is -0.329. The Balaban J connectivity index is 3.71. The van der Waals surface area contributed by atoms with Crippen LogP contribution in [0.5, 0.6) is 0 Å². The summed E-state index contributed by atoms with van der Waals surface area (Å²) >= 11 is 4.55. The highest BCUT2D eigenvalue weighted by atomic mass is 32.5. The predicted octanol–water partition coefficient (Wildman–Crippen LogP) is 0.985. The van der Waals surface area contributed by atoms with Gasteiger partial charge in [0.15, 0.2) is 6.29 Å². The Labute approximate surface area is 71.4 Å². The second-order valence-corrected chi connectivity index (χ2v) is 4.80. The van der Waals surface area contributed by atoms with Crippen molar-refractivity contribution in [2.45, 2.75) is 26.6 Å².